The van der Waals surface area contributed by atoms with Gasteiger partial charge in [0.05, 0.1) is 22.9 Å². The molecule has 0 unspecified atom stereocenters. The summed E-state index contributed by atoms with van der Waals surface area (Å²) in [6.07, 6.45) is 2.33. The second kappa shape index (κ2) is 7.93. The molecule has 0 saturated heterocycles. The van der Waals surface area contributed by atoms with Crippen LogP contribution >= 0.6 is 11.3 Å². The van der Waals surface area contributed by atoms with Crippen molar-refractivity contribution in [3.8, 4) is 0 Å². The molecule has 26 heavy (non-hydrogen) atoms. The molecule has 1 aromatic heterocycles. The summed E-state index contributed by atoms with van der Waals surface area (Å²) in [6, 6.07) is 14.8. The Morgan fingerprint density at radius 1 is 1.12 bits per heavy atom. The smallest absolute Gasteiger partial charge is 0.337 e. The molecule has 0 aliphatic rings. The lowest BCUT2D eigenvalue weighted by molar-refractivity contribution is -0.136. The van der Waals surface area contributed by atoms with Crippen LogP contribution in [-0.2, 0) is 9.53 Å². The lowest BCUT2D eigenvalue weighted by Gasteiger charge is -2.04. The van der Waals surface area contributed by atoms with Crippen LogP contribution in [0.15, 0.2) is 48.5 Å². The summed E-state index contributed by atoms with van der Waals surface area (Å²) >= 11 is 1.54. The third kappa shape index (κ3) is 4.15. The predicted octanol–water partition coefficient (Wildman–Crippen LogP) is 4.49. The molecule has 0 bridgehead atoms. The monoisotopic (exact) mass is 367 g/mol. The topological polar surface area (TPSA) is 76.5 Å². The van der Waals surface area contributed by atoms with Crippen molar-refractivity contribution < 1.29 is 19.4 Å². The number of hydrogen-bond acceptors (Lipinski definition) is 5. The Kier molecular flexibility index (Phi) is 5.43. The highest BCUT2D eigenvalue weighted by molar-refractivity contribution is 7.19. The van der Waals surface area contributed by atoms with Crippen molar-refractivity contribution in [1.29, 1.82) is 0 Å². The summed E-state index contributed by atoms with van der Waals surface area (Å²) in [5, 5.41) is 9.85. The Labute approximate surface area is 154 Å². The van der Waals surface area contributed by atoms with E-state index in [4.69, 9.17) is 9.84 Å². The number of carboxylic acids is 1. The summed E-state index contributed by atoms with van der Waals surface area (Å²) in [7, 11) is 1.34. The number of carbonyl (C=O) groups excluding carboxylic acids is 1. The second-order valence-electron chi connectivity index (χ2n) is 5.66. The van der Waals surface area contributed by atoms with E-state index >= 15 is 0 Å². The number of hydrogen-bond donors (Lipinski definition) is 1. The van der Waals surface area contributed by atoms with Crippen LogP contribution in [0.5, 0.6) is 0 Å². The first-order chi connectivity index (χ1) is 12.6. The number of carboxylic acid groups (broad SMARTS) is 1. The number of fused-ring (bicyclic) bond motifs is 1. The summed E-state index contributed by atoms with van der Waals surface area (Å²) in [4.78, 5) is 27.2. The van der Waals surface area contributed by atoms with Crippen molar-refractivity contribution in [2.75, 3.05) is 7.11 Å². The fourth-order valence-electron chi connectivity index (χ4n) is 2.53. The van der Waals surface area contributed by atoms with Crippen molar-refractivity contribution in [3.63, 3.8) is 0 Å². The van der Waals surface area contributed by atoms with Crippen molar-refractivity contribution in [2.24, 2.45) is 0 Å². The van der Waals surface area contributed by atoms with Gasteiger partial charge in [0.1, 0.15) is 5.01 Å². The van der Waals surface area contributed by atoms with Gasteiger partial charge in [0.2, 0.25) is 0 Å². The lowest BCUT2D eigenvalue weighted by Crippen LogP contribution is -2.00. The van der Waals surface area contributed by atoms with Crippen molar-refractivity contribution in [3.05, 3.63) is 64.7 Å². The van der Waals surface area contributed by atoms with Crippen molar-refractivity contribution >= 4 is 45.1 Å². The van der Waals surface area contributed by atoms with Gasteiger partial charge in [0, 0.05) is 6.42 Å². The number of para-hydroxylation sites is 1. The second-order valence-corrected chi connectivity index (χ2v) is 6.69. The molecular weight excluding hydrogens is 350 g/mol. The molecule has 0 aliphatic carbocycles. The SMILES string of the molecule is COC(=O)c1ccc(C=C(CCC(=O)O)c2nc3ccccc3s2)cc1. The number of nitrogens with zero attached hydrogens (tertiary/aromatic N) is 1. The first-order valence-electron chi connectivity index (χ1n) is 8.03. The van der Waals surface area contributed by atoms with Gasteiger partial charge in [-0.25, -0.2) is 9.78 Å². The highest BCUT2D eigenvalue weighted by Gasteiger charge is 2.11. The van der Waals surface area contributed by atoms with E-state index in [9.17, 15) is 9.59 Å². The third-order valence-electron chi connectivity index (χ3n) is 3.85. The number of esters is 1. The number of ether oxygens (including phenoxy) is 1. The van der Waals surface area contributed by atoms with E-state index in [1.807, 2.05) is 30.3 Å². The molecule has 0 aliphatic heterocycles. The molecule has 3 aromatic rings. The number of allylic oxidation sites excluding steroid dienone is 1. The average molecular weight is 367 g/mol. The first kappa shape index (κ1) is 17.8. The molecule has 1 N–H and O–H groups in total. The molecule has 0 amide bonds. The van der Waals surface area contributed by atoms with Crippen molar-refractivity contribution in [1.82, 2.24) is 4.98 Å². The summed E-state index contributed by atoms with van der Waals surface area (Å²) in [5.74, 6) is -1.24. The predicted molar refractivity (Wildman–Crippen MR) is 102 cm³/mol. The van der Waals surface area contributed by atoms with Gasteiger partial charge < -0.3 is 9.84 Å². The summed E-state index contributed by atoms with van der Waals surface area (Å²) in [5.41, 5.74) is 3.10. The molecule has 0 saturated carbocycles. The highest BCUT2D eigenvalue weighted by Crippen LogP contribution is 2.31. The standard InChI is InChI=1S/C20H17NO4S/c1-25-20(24)14-8-6-13(7-9-14)12-15(10-11-18(22)23)19-21-16-4-2-3-5-17(16)26-19/h2-9,12H,10-11H2,1H3,(H,22,23). The minimum absolute atomic E-state index is 0.0298. The zero-order chi connectivity index (χ0) is 18.5. The van der Waals surface area contributed by atoms with Crippen LogP contribution in [0.4, 0.5) is 0 Å². The Hall–Kier alpha value is -2.99. The maximum Gasteiger partial charge on any atom is 0.337 e. The Balaban J connectivity index is 1.95. The van der Waals surface area contributed by atoms with Gasteiger partial charge in [0.25, 0.3) is 0 Å². The van der Waals surface area contributed by atoms with Crippen LogP contribution in [0.1, 0.15) is 33.8 Å². The number of aliphatic carboxylic acids is 1. The van der Waals surface area contributed by atoms with Crippen LogP contribution in [0, 0.1) is 0 Å². The van der Waals surface area contributed by atoms with Gasteiger partial charge in [-0.05, 0) is 47.9 Å². The molecular formula is C20H17NO4S. The fraction of sp³-hybridized carbons (Fsp3) is 0.150. The minimum atomic E-state index is -0.849. The van der Waals surface area contributed by atoms with Crippen LogP contribution in [0.2, 0.25) is 0 Å². The van der Waals surface area contributed by atoms with Gasteiger partial charge in [-0.1, -0.05) is 24.3 Å². The Morgan fingerprint density at radius 3 is 2.50 bits per heavy atom. The molecule has 0 atom stereocenters. The van der Waals surface area contributed by atoms with Crippen molar-refractivity contribution in [2.45, 2.75) is 12.8 Å². The van der Waals surface area contributed by atoms with E-state index in [0.29, 0.717) is 12.0 Å². The maximum atomic E-state index is 11.5. The highest BCUT2D eigenvalue weighted by atomic mass is 32.1. The van der Waals surface area contributed by atoms with Gasteiger partial charge in [-0.3, -0.25) is 4.79 Å². The van der Waals surface area contributed by atoms with Crippen LogP contribution in [0.3, 0.4) is 0 Å². The van der Waals surface area contributed by atoms with E-state index in [2.05, 4.69) is 4.98 Å². The Bertz CT molecular complexity index is 940. The van der Waals surface area contributed by atoms with E-state index in [1.165, 1.54) is 7.11 Å². The molecule has 5 nitrogen and oxygen atoms in total. The largest absolute Gasteiger partial charge is 0.481 e. The number of aromatic nitrogens is 1. The van der Waals surface area contributed by atoms with Crippen LogP contribution < -0.4 is 0 Å². The number of rotatable bonds is 6. The average Bonchev–Trinajstić information content (AvgIpc) is 3.08. The van der Waals surface area contributed by atoms with Gasteiger partial charge in [-0.2, -0.15) is 0 Å². The number of thiazole rings is 1. The summed E-state index contributed by atoms with van der Waals surface area (Å²) in [6.45, 7) is 0. The number of benzene rings is 2. The molecule has 0 radical (unpaired) electrons. The zero-order valence-electron chi connectivity index (χ0n) is 14.1. The molecule has 6 heteroatoms. The van der Waals surface area contributed by atoms with Gasteiger partial charge in [0.15, 0.2) is 0 Å². The first-order valence-corrected chi connectivity index (χ1v) is 8.85. The van der Waals surface area contributed by atoms with Crippen LogP contribution in [-0.4, -0.2) is 29.1 Å². The van der Waals surface area contributed by atoms with E-state index in [1.54, 1.807) is 35.6 Å². The maximum absolute atomic E-state index is 11.5. The Morgan fingerprint density at radius 2 is 1.85 bits per heavy atom. The fourth-order valence-corrected chi connectivity index (χ4v) is 3.54. The molecule has 2 aromatic carbocycles. The molecule has 3 rings (SSSR count). The molecule has 1 heterocycles. The molecule has 0 spiro atoms. The molecule has 132 valence electrons. The normalized spacial score (nSPS) is 11.5. The van der Waals surface area contributed by atoms with E-state index < -0.39 is 11.9 Å². The zero-order valence-corrected chi connectivity index (χ0v) is 15.0. The lowest BCUT2D eigenvalue weighted by atomic mass is 10.1. The van der Waals surface area contributed by atoms with Gasteiger partial charge in [-0.15, -0.1) is 11.3 Å². The summed E-state index contributed by atoms with van der Waals surface area (Å²) < 4.78 is 5.76. The quantitative estimate of drug-likeness (QED) is 0.650. The molecule has 0 fully saturated rings. The van der Waals surface area contributed by atoms with E-state index in [-0.39, 0.29) is 6.42 Å². The van der Waals surface area contributed by atoms with Crippen LogP contribution in [0.25, 0.3) is 21.9 Å². The number of methoxy groups -OCH3 is 1. The van der Waals surface area contributed by atoms with Gasteiger partial charge >= 0.3 is 11.9 Å². The minimum Gasteiger partial charge on any atom is -0.481 e. The number of carbonyl (C=O) groups is 2. The third-order valence-corrected chi connectivity index (χ3v) is 4.96. The van der Waals surface area contributed by atoms with E-state index in [0.717, 1.165) is 26.4 Å².